The van der Waals surface area contributed by atoms with E-state index < -0.39 is 37.1 Å². The summed E-state index contributed by atoms with van der Waals surface area (Å²) in [5.74, 6) is 0. The molecule has 10 nitrogen and oxygen atoms in total. The Morgan fingerprint density at radius 3 is 2.79 bits per heavy atom. The van der Waals surface area contributed by atoms with Crippen molar-refractivity contribution < 1.29 is 28.3 Å². The number of ether oxygens (including phenoxy) is 2. The van der Waals surface area contributed by atoms with Gasteiger partial charge in [-0.05, 0) is 19.4 Å². The number of nitrogens with one attached hydrogen (secondary N) is 1. The molecule has 24 heavy (non-hydrogen) atoms. The fourth-order valence-corrected chi connectivity index (χ4v) is 3.00. The number of H-pyrrole nitrogens is 1. The predicted molar refractivity (Wildman–Crippen MR) is 81.7 cm³/mol. The van der Waals surface area contributed by atoms with Crippen molar-refractivity contribution in [3.8, 4) is 0 Å². The molecule has 0 bridgehead atoms. The van der Waals surface area contributed by atoms with Crippen molar-refractivity contribution in [1.29, 1.82) is 0 Å². The molecule has 0 aromatic carbocycles. The van der Waals surface area contributed by atoms with Crippen LogP contribution in [0.25, 0.3) is 0 Å². The van der Waals surface area contributed by atoms with Gasteiger partial charge in [0.2, 0.25) is 0 Å². The van der Waals surface area contributed by atoms with Gasteiger partial charge in [0.1, 0.15) is 0 Å². The van der Waals surface area contributed by atoms with Gasteiger partial charge >= 0.3 is 19.4 Å². The van der Waals surface area contributed by atoms with Gasteiger partial charge in [-0.25, -0.2) is 14.2 Å². The molecule has 0 aliphatic heterocycles. The van der Waals surface area contributed by atoms with Gasteiger partial charge in [0.15, 0.2) is 12.1 Å². The Morgan fingerprint density at radius 2 is 2.21 bits per heavy atom. The maximum absolute atomic E-state index is 12.1. The highest BCUT2D eigenvalue weighted by Gasteiger charge is 2.38. The van der Waals surface area contributed by atoms with E-state index in [0.717, 1.165) is 11.7 Å². The fourth-order valence-electron chi connectivity index (χ4n) is 2.25. The Bertz CT molecular complexity index is 826. The number of aromatic amines is 1. The molecule has 0 fully saturated rings. The standard InChI is InChI=1S/C13H17N2O8P/c1-9-7-15(11(17)14-10(9)16)13(5-3-4-6-13)22-8-24(19,20)23-12(18)21-2/h3,5,7H,4,6,8H2,1-2H3,(H,19,20)(H,14,16,17). The van der Waals surface area contributed by atoms with E-state index in [-0.39, 0.29) is 5.56 Å². The molecule has 1 heterocycles. The molecular formula is C13H17N2O8P. The molecule has 2 unspecified atom stereocenters. The van der Waals surface area contributed by atoms with Crippen molar-refractivity contribution in [2.75, 3.05) is 13.5 Å². The summed E-state index contributed by atoms with van der Waals surface area (Å²) >= 11 is 0. The summed E-state index contributed by atoms with van der Waals surface area (Å²) in [5, 5.41) is 0. The highest BCUT2D eigenvalue weighted by Crippen LogP contribution is 2.45. The van der Waals surface area contributed by atoms with Crippen molar-refractivity contribution in [3.05, 3.63) is 44.8 Å². The first-order valence-corrected chi connectivity index (χ1v) is 8.69. The minimum Gasteiger partial charge on any atom is -0.437 e. The van der Waals surface area contributed by atoms with E-state index in [1.165, 1.54) is 13.1 Å². The number of allylic oxidation sites excluding steroid dienone is 1. The van der Waals surface area contributed by atoms with Gasteiger partial charge < -0.3 is 18.9 Å². The van der Waals surface area contributed by atoms with E-state index >= 15 is 0 Å². The largest absolute Gasteiger partial charge is 0.514 e. The lowest BCUT2D eigenvalue weighted by Gasteiger charge is -2.30. The van der Waals surface area contributed by atoms with Crippen molar-refractivity contribution in [2.24, 2.45) is 0 Å². The zero-order valence-electron chi connectivity index (χ0n) is 13.1. The van der Waals surface area contributed by atoms with Crippen LogP contribution in [0.3, 0.4) is 0 Å². The molecule has 1 aliphatic rings. The number of carbonyl (C=O) groups is 1. The second kappa shape index (κ2) is 6.76. The van der Waals surface area contributed by atoms with Crippen LogP contribution in [0.2, 0.25) is 0 Å². The van der Waals surface area contributed by atoms with Crippen LogP contribution < -0.4 is 11.2 Å². The summed E-state index contributed by atoms with van der Waals surface area (Å²) < 4.78 is 26.9. The van der Waals surface area contributed by atoms with Gasteiger partial charge in [0.25, 0.3) is 5.56 Å². The highest BCUT2D eigenvalue weighted by atomic mass is 31.2. The number of aromatic nitrogens is 2. The Balaban J connectivity index is 2.30. The molecule has 2 N–H and O–H groups in total. The first-order valence-electron chi connectivity index (χ1n) is 6.93. The number of methoxy groups -OCH3 is 1. The summed E-state index contributed by atoms with van der Waals surface area (Å²) in [6.45, 7) is 1.51. The Morgan fingerprint density at radius 1 is 1.50 bits per heavy atom. The molecule has 1 aromatic rings. The van der Waals surface area contributed by atoms with Crippen LogP contribution in [0.4, 0.5) is 4.79 Å². The Labute approximate surface area is 136 Å². The van der Waals surface area contributed by atoms with Gasteiger partial charge in [-0.1, -0.05) is 6.08 Å². The third-order valence-electron chi connectivity index (χ3n) is 3.44. The summed E-state index contributed by atoms with van der Waals surface area (Å²) in [5.41, 5.74) is -2.34. The first kappa shape index (κ1) is 18.2. The second-order valence-electron chi connectivity index (χ2n) is 5.18. The number of hydrogen-bond donors (Lipinski definition) is 2. The average Bonchev–Trinajstić information content (AvgIpc) is 2.98. The number of aryl methyl sites for hydroxylation is 1. The van der Waals surface area contributed by atoms with E-state index in [2.05, 4.69) is 14.2 Å². The van der Waals surface area contributed by atoms with E-state index in [9.17, 15) is 23.8 Å². The molecule has 0 saturated carbocycles. The van der Waals surface area contributed by atoms with Gasteiger partial charge in [-0.15, -0.1) is 0 Å². The molecule has 11 heteroatoms. The van der Waals surface area contributed by atoms with Crippen molar-refractivity contribution in [2.45, 2.75) is 25.5 Å². The van der Waals surface area contributed by atoms with E-state index in [1.54, 1.807) is 12.2 Å². The summed E-state index contributed by atoms with van der Waals surface area (Å²) in [6.07, 6.45) is 3.27. The van der Waals surface area contributed by atoms with Crippen molar-refractivity contribution >= 4 is 13.8 Å². The fraction of sp³-hybridized carbons (Fsp3) is 0.462. The summed E-state index contributed by atoms with van der Waals surface area (Å²) in [4.78, 5) is 46.3. The molecular weight excluding hydrogens is 343 g/mol. The zero-order valence-corrected chi connectivity index (χ0v) is 13.9. The number of nitrogens with zero attached hydrogens (tertiary/aromatic N) is 1. The summed E-state index contributed by atoms with van der Waals surface area (Å²) in [6, 6.07) is 0. The van der Waals surface area contributed by atoms with E-state index in [1.807, 2.05) is 0 Å². The lowest BCUT2D eigenvalue weighted by molar-refractivity contribution is -0.0553. The maximum atomic E-state index is 12.1. The number of carbonyl (C=O) groups excluding carboxylic acids is 1. The van der Waals surface area contributed by atoms with Crippen LogP contribution >= 0.6 is 7.60 Å². The normalized spacial score (nSPS) is 22.1. The van der Waals surface area contributed by atoms with Crippen LogP contribution in [0.15, 0.2) is 27.9 Å². The first-order chi connectivity index (χ1) is 11.2. The van der Waals surface area contributed by atoms with E-state index in [4.69, 9.17) is 4.74 Å². The van der Waals surface area contributed by atoms with Gasteiger partial charge in [-0.2, -0.15) is 0 Å². The molecule has 2 rings (SSSR count). The monoisotopic (exact) mass is 360 g/mol. The van der Waals surface area contributed by atoms with E-state index in [0.29, 0.717) is 12.8 Å². The third-order valence-corrected chi connectivity index (χ3v) is 4.33. The van der Waals surface area contributed by atoms with Gasteiger partial charge in [-0.3, -0.25) is 14.3 Å². The lowest BCUT2D eigenvalue weighted by atomic mass is 10.2. The van der Waals surface area contributed by atoms with Crippen LogP contribution in [0.5, 0.6) is 0 Å². The average molecular weight is 360 g/mol. The molecule has 0 spiro atoms. The Kier molecular flexibility index (Phi) is 5.12. The van der Waals surface area contributed by atoms with Crippen molar-refractivity contribution in [1.82, 2.24) is 9.55 Å². The quantitative estimate of drug-likeness (QED) is 0.447. The molecule has 0 saturated heterocycles. The minimum absolute atomic E-state index is 0.274. The SMILES string of the molecule is COC(=O)OP(=O)(O)COC1(n2cc(C)c(=O)[nH]c2=O)C=CCC1. The molecule has 1 aliphatic carbocycles. The lowest BCUT2D eigenvalue weighted by Crippen LogP contribution is -2.44. The van der Waals surface area contributed by atoms with Crippen LogP contribution in [0, 0.1) is 6.92 Å². The maximum Gasteiger partial charge on any atom is 0.514 e. The molecule has 2 atom stereocenters. The number of rotatable bonds is 5. The smallest absolute Gasteiger partial charge is 0.437 e. The Hall–Kier alpha value is -2.16. The minimum atomic E-state index is -4.44. The number of hydrogen-bond acceptors (Lipinski definition) is 7. The second-order valence-corrected chi connectivity index (χ2v) is 6.90. The van der Waals surface area contributed by atoms with Crippen LogP contribution in [-0.2, 0) is 24.3 Å². The van der Waals surface area contributed by atoms with Crippen LogP contribution in [0.1, 0.15) is 18.4 Å². The van der Waals surface area contributed by atoms with Crippen molar-refractivity contribution in [3.63, 3.8) is 0 Å². The van der Waals surface area contributed by atoms with Gasteiger partial charge in [0.05, 0.1) is 7.11 Å². The topological polar surface area (TPSA) is 137 Å². The van der Waals surface area contributed by atoms with Crippen LogP contribution in [-0.4, -0.2) is 34.1 Å². The zero-order chi connectivity index (χ0) is 18.0. The van der Waals surface area contributed by atoms with Gasteiger partial charge in [0, 0.05) is 18.2 Å². The predicted octanol–water partition coefficient (Wildman–Crippen LogP) is 0.790. The molecule has 132 valence electrons. The third kappa shape index (κ3) is 3.84. The molecule has 1 aromatic heterocycles. The summed E-state index contributed by atoms with van der Waals surface area (Å²) in [7, 11) is -3.44. The molecule has 0 radical (unpaired) electrons. The highest BCUT2D eigenvalue weighted by molar-refractivity contribution is 7.53. The molecule has 0 amide bonds.